The van der Waals surface area contributed by atoms with Gasteiger partial charge in [0.1, 0.15) is 5.82 Å². The second-order valence-electron chi connectivity index (χ2n) is 3.31. The fourth-order valence-corrected chi connectivity index (χ4v) is 1.46. The summed E-state index contributed by atoms with van der Waals surface area (Å²) in [6.45, 7) is 0. The van der Waals surface area contributed by atoms with E-state index in [1.807, 2.05) is 0 Å². The normalized spacial score (nSPS) is 10.8. The lowest BCUT2D eigenvalue weighted by atomic mass is 10.2. The van der Waals surface area contributed by atoms with E-state index in [1.54, 1.807) is 6.07 Å². The third-order valence-corrected chi connectivity index (χ3v) is 2.43. The maximum absolute atomic E-state index is 13.3. The van der Waals surface area contributed by atoms with E-state index in [0.717, 1.165) is 6.21 Å². The molecule has 4 nitrogen and oxygen atoms in total. The first-order valence-electron chi connectivity index (χ1n) is 4.99. The number of amides is 1. The molecule has 0 aliphatic rings. The Balaban J connectivity index is 2.06. The highest BCUT2D eigenvalue weighted by molar-refractivity contribution is 6.33. The molecule has 0 atom stereocenters. The number of carbonyl (C=O) groups is 1. The molecule has 0 aliphatic heterocycles. The van der Waals surface area contributed by atoms with Crippen molar-refractivity contribution in [1.29, 1.82) is 0 Å². The van der Waals surface area contributed by atoms with Gasteiger partial charge in [-0.15, -0.1) is 0 Å². The monoisotopic (exact) mass is 266 g/mol. The van der Waals surface area contributed by atoms with Crippen LogP contribution in [-0.2, 0) is 0 Å². The summed E-state index contributed by atoms with van der Waals surface area (Å²) < 4.78 is 18.2. The van der Waals surface area contributed by atoms with Gasteiger partial charge in [-0.1, -0.05) is 17.7 Å². The van der Waals surface area contributed by atoms with Crippen molar-refractivity contribution in [1.82, 2.24) is 5.43 Å². The lowest BCUT2D eigenvalue weighted by molar-refractivity contribution is 0.0927. The Morgan fingerprint density at radius 3 is 2.89 bits per heavy atom. The zero-order chi connectivity index (χ0) is 13.0. The molecule has 1 N–H and O–H groups in total. The van der Waals surface area contributed by atoms with Crippen molar-refractivity contribution >= 4 is 23.7 Å². The largest absolute Gasteiger partial charge is 0.459 e. The Bertz CT molecular complexity index is 562. The summed E-state index contributed by atoms with van der Waals surface area (Å²) in [7, 11) is 0. The molecule has 0 spiro atoms. The molecule has 2 aromatic rings. The number of hydrogen-bond acceptors (Lipinski definition) is 3. The molecular weight excluding hydrogens is 259 g/mol. The average Bonchev–Trinajstić information content (AvgIpc) is 2.86. The van der Waals surface area contributed by atoms with Crippen LogP contribution in [-0.4, -0.2) is 12.1 Å². The predicted molar refractivity (Wildman–Crippen MR) is 65.2 cm³/mol. The van der Waals surface area contributed by atoms with E-state index in [1.165, 1.54) is 30.5 Å². The SMILES string of the molecule is O=C(N/N=C\c1c(F)cccc1Cl)c1ccco1. The van der Waals surface area contributed by atoms with Gasteiger partial charge in [0.15, 0.2) is 5.76 Å². The zero-order valence-electron chi connectivity index (χ0n) is 9.06. The summed E-state index contributed by atoms with van der Waals surface area (Å²) in [6, 6.07) is 7.33. The van der Waals surface area contributed by atoms with Gasteiger partial charge in [0.05, 0.1) is 17.5 Å². The van der Waals surface area contributed by atoms with Gasteiger partial charge in [-0.05, 0) is 24.3 Å². The Morgan fingerprint density at radius 1 is 1.39 bits per heavy atom. The van der Waals surface area contributed by atoms with E-state index in [9.17, 15) is 9.18 Å². The van der Waals surface area contributed by atoms with E-state index in [2.05, 4.69) is 10.5 Å². The second-order valence-corrected chi connectivity index (χ2v) is 3.72. The quantitative estimate of drug-likeness (QED) is 0.686. The van der Waals surface area contributed by atoms with Crippen LogP contribution in [0.1, 0.15) is 16.1 Å². The first kappa shape index (κ1) is 12.3. The van der Waals surface area contributed by atoms with Crippen molar-refractivity contribution in [3.8, 4) is 0 Å². The highest BCUT2D eigenvalue weighted by atomic mass is 35.5. The topological polar surface area (TPSA) is 54.6 Å². The van der Waals surface area contributed by atoms with Crippen LogP contribution in [0.2, 0.25) is 5.02 Å². The molecule has 0 unspecified atom stereocenters. The second kappa shape index (κ2) is 5.46. The number of hydrogen-bond donors (Lipinski definition) is 1. The summed E-state index contributed by atoms with van der Waals surface area (Å²) in [5.74, 6) is -0.922. The molecule has 0 radical (unpaired) electrons. The average molecular weight is 267 g/mol. The van der Waals surface area contributed by atoms with E-state index in [0.29, 0.717) is 0 Å². The molecule has 2 rings (SSSR count). The molecule has 1 aromatic carbocycles. The smallest absolute Gasteiger partial charge is 0.307 e. The molecule has 0 saturated carbocycles. The number of nitrogens with one attached hydrogen (secondary N) is 1. The van der Waals surface area contributed by atoms with E-state index in [-0.39, 0.29) is 16.3 Å². The highest BCUT2D eigenvalue weighted by Gasteiger charge is 2.07. The molecule has 1 heterocycles. The van der Waals surface area contributed by atoms with E-state index >= 15 is 0 Å². The van der Waals surface area contributed by atoms with Crippen molar-refractivity contribution in [2.24, 2.45) is 5.10 Å². The third-order valence-electron chi connectivity index (χ3n) is 2.10. The molecule has 92 valence electrons. The number of nitrogens with zero attached hydrogens (tertiary/aromatic N) is 1. The number of halogens is 2. The minimum absolute atomic E-state index is 0.110. The number of carbonyl (C=O) groups excluding carboxylic acids is 1. The van der Waals surface area contributed by atoms with Gasteiger partial charge in [-0.2, -0.15) is 5.10 Å². The minimum atomic E-state index is -0.524. The maximum Gasteiger partial charge on any atom is 0.307 e. The fraction of sp³-hybridized carbons (Fsp3) is 0. The summed E-state index contributed by atoms with van der Waals surface area (Å²) in [6.07, 6.45) is 2.50. The lowest BCUT2D eigenvalue weighted by Gasteiger charge is -1.99. The third kappa shape index (κ3) is 2.75. The van der Waals surface area contributed by atoms with Gasteiger partial charge < -0.3 is 4.42 Å². The van der Waals surface area contributed by atoms with Crippen LogP contribution >= 0.6 is 11.6 Å². The zero-order valence-corrected chi connectivity index (χ0v) is 9.82. The van der Waals surface area contributed by atoms with Gasteiger partial charge in [-0.25, -0.2) is 9.82 Å². The molecule has 18 heavy (non-hydrogen) atoms. The Morgan fingerprint density at radius 2 is 2.22 bits per heavy atom. The van der Waals surface area contributed by atoms with Gasteiger partial charge in [0.25, 0.3) is 0 Å². The molecule has 0 aliphatic carbocycles. The standard InChI is InChI=1S/C12H8ClFN2O2/c13-9-3-1-4-10(14)8(9)7-15-16-12(17)11-5-2-6-18-11/h1-7H,(H,16,17)/b15-7-. The molecule has 1 amide bonds. The van der Waals surface area contributed by atoms with Crippen molar-refractivity contribution in [2.75, 3.05) is 0 Å². The van der Waals surface area contributed by atoms with Gasteiger partial charge in [0, 0.05) is 5.56 Å². The minimum Gasteiger partial charge on any atom is -0.459 e. The van der Waals surface area contributed by atoms with Crippen molar-refractivity contribution in [3.05, 3.63) is 58.8 Å². The lowest BCUT2D eigenvalue weighted by Crippen LogP contribution is -2.16. The molecule has 6 heteroatoms. The Labute approximate surface area is 107 Å². The summed E-state index contributed by atoms with van der Waals surface area (Å²) in [5.41, 5.74) is 2.31. The number of benzene rings is 1. The number of furan rings is 1. The van der Waals surface area contributed by atoms with Crippen LogP contribution in [0.5, 0.6) is 0 Å². The van der Waals surface area contributed by atoms with Crippen LogP contribution in [0, 0.1) is 5.82 Å². The maximum atomic E-state index is 13.3. The molecule has 0 saturated heterocycles. The Hall–Kier alpha value is -2.14. The summed E-state index contributed by atoms with van der Waals surface area (Å²) in [5, 5.41) is 3.82. The van der Waals surface area contributed by atoms with E-state index < -0.39 is 11.7 Å². The molecular formula is C12H8ClFN2O2. The van der Waals surface area contributed by atoms with Crippen LogP contribution in [0.4, 0.5) is 4.39 Å². The van der Waals surface area contributed by atoms with E-state index in [4.69, 9.17) is 16.0 Å². The molecule has 1 aromatic heterocycles. The first-order chi connectivity index (χ1) is 8.68. The summed E-state index contributed by atoms with van der Waals surface area (Å²) >= 11 is 5.78. The van der Waals surface area contributed by atoms with Crippen molar-refractivity contribution < 1.29 is 13.6 Å². The summed E-state index contributed by atoms with van der Waals surface area (Å²) in [4.78, 5) is 11.4. The van der Waals surface area contributed by atoms with Gasteiger partial charge >= 0.3 is 5.91 Å². The van der Waals surface area contributed by atoms with Crippen LogP contribution in [0.25, 0.3) is 0 Å². The van der Waals surface area contributed by atoms with Gasteiger partial charge in [-0.3, -0.25) is 4.79 Å². The first-order valence-corrected chi connectivity index (χ1v) is 5.37. The number of hydrazone groups is 1. The van der Waals surface area contributed by atoms with Crippen molar-refractivity contribution in [2.45, 2.75) is 0 Å². The molecule has 0 fully saturated rings. The number of rotatable bonds is 3. The van der Waals surface area contributed by atoms with Crippen LogP contribution in [0.3, 0.4) is 0 Å². The molecule has 0 bridgehead atoms. The highest BCUT2D eigenvalue weighted by Crippen LogP contribution is 2.16. The van der Waals surface area contributed by atoms with Crippen LogP contribution in [0.15, 0.2) is 46.1 Å². The predicted octanol–water partition coefficient (Wildman–Crippen LogP) is 2.84. The fourth-order valence-electron chi connectivity index (χ4n) is 1.25. The van der Waals surface area contributed by atoms with Gasteiger partial charge in [0.2, 0.25) is 0 Å². The van der Waals surface area contributed by atoms with Crippen molar-refractivity contribution in [3.63, 3.8) is 0 Å². The van der Waals surface area contributed by atoms with Crippen LogP contribution < -0.4 is 5.43 Å². The Kier molecular flexibility index (Phi) is 3.74.